The van der Waals surface area contributed by atoms with Crippen LogP contribution in [0.2, 0.25) is 0 Å². The molecule has 0 saturated carbocycles. The number of carbonyl (C=O) groups is 1. The van der Waals surface area contributed by atoms with E-state index in [4.69, 9.17) is 9.72 Å². The van der Waals surface area contributed by atoms with Gasteiger partial charge in [0, 0.05) is 30.6 Å². The average Bonchev–Trinajstić information content (AvgIpc) is 3.03. The van der Waals surface area contributed by atoms with Crippen LogP contribution in [-0.2, 0) is 11.3 Å². The summed E-state index contributed by atoms with van der Waals surface area (Å²) < 4.78 is 5.26. The van der Waals surface area contributed by atoms with Gasteiger partial charge in [0.2, 0.25) is 0 Å². The minimum atomic E-state index is -0.693. The molecule has 1 N–H and O–H groups in total. The Morgan fingerprint density at radius 1 is 1.46 bits per heavy atom. The molecule has 2 atom stereocenters. The molecule has 2 unspecified atom stereocenters. The first kappa shape index (κ1) is 16.9. The number of thiazole rings is 1. The van der Waals surface area contributed by atoms with Gasteiger partial charge in [0.05, 0.1) is 18.7 Å². The molecule has 0 aliphatic carbocycles. The van der Waals surface area contributed by atoms with Gasteiger partial charge >= 0.3 is 5.97 Å². The van der Waals surface area contributed by atoms with E-state index in [1.54, 1.807) is 18.4 Å². The average molecular weight is 346 g/mol. The van der Waals surface area contributed by atoms with Gasteiger partial charge in [-0.1, -0.05) is 19.1 Å². The van der Waals surface area contributed by atoms with E-state index in [9.17, 15) is 9.90 Å². The number of hydrogen-bond donors (Lipinski definition) is 1. The fourth-order valence-electron chi connectivity index (χ4n) is 3.27. The number of benzene rings is 1. The third-order valence-electron chi connectivity index (χ3n) is 4.34. The van der Waals surface area contributed by atoms with E-state index in [1.165, 1.54) is 0 Å². The Morgan fingerprint density at radius 2 is 2.29 bits per heavy atom. The van der Waals surface area contributed by atoms with E-state index >= 15 is 0 Å². The zero-order chi connectivity index (χ0) is 17.1. The zero-order valence-corrected chi connectivity index (χ0v) is 14.8. The Morgan fingerprint density at radius 3 is 3.04 bits per heavy atom. The SMILES string of the molecule is COc1cccc(-c2nc(CN3CC(C)CC(C(=O)O)C3)cs2)c1. The Labute approximate surface area is 145 Å². The molecule has 24 heavy (non-hydrogen) atoms. The Bertz CT molecular complexity index is 716. The Balaban J connectivity index is 1.70. The lowest BCUT2D eigenvalue weighted by Crippen LogP contribution is -2.42. The second-order valence-electron chi connectivity index (χ2n) is 6.45. The Kier molecular flexibility index (Phi) is 5.16. The number of aromatic nitrogens is 1. The van der Waals surface area contributed by atoms with Gasteiger partial charge in [-0.05, 0) is 24.5 Å². The summed E-state index contributed by atoms with van der Waals surface area (Å²) >= 11 is 1.61. The smallest absolute Gasteiger partial charge is 0.307 e. The molecule has 0 bridgehead atoms. The second kappa shape index (κ2) is 7.32. The molecule has 1 aromatic carbocycles. The number of piperidine rings is 1. The number of aliphatic carboxylic acids is 1. The van der Waals surface area contributed by atoms with Crippen LogP contribution in [0.4, 0.5) is 0 Å². The van der Waals surface area contributed by atoms with Gasteiger partial charge in [0.25, 0.3) is 0 Å². The summed E-state index contributed by atoms with van der Waals surface area (Å²) in [6, 6.07) is 7.87. The quantitative estimate of drug-likeness (QED) is 0.899. The predicted octanol–water partition coefficient (Wildman–Crippen LogP) is 3.36. The van der Waals surface area contributed by atoms with Crippen molar-refractivity contribution in [3.05, 3.63) is 35.3 Å². The van der Waals surface area contributed by atoms with E-state index < -0.39 is 5.97 Å². The molecule has 1 aliphatic heterocycles. The number of methoxy groups -OCH3 is 1. The summed E-state index contributed by atoms with van der Waals surface area (Å²) in [6.07, 6.45) is 0.762. The van der Waals surface area contributed by atoms with E-state index in [2.05, 4.69) is 17.2 Å². The van der Waals surface area contributed by atoms with Gasteiger partial charge in [-0.3, -0.25) is 9.69 Å². The van der Waals surface area contributed by atoms with Crippen molar-refractivity contribution in [1.82, 2.24) is 9.88 Å². The van der Waals surface area contributed by atoms with Crippen LogP contribution in [0, 0.1) is 11.8 Å². The van der Waals surface area contributed by atoms with Gasteiger partial charge in [0.15, 0.2) is 0 Å². The number of carboxylic acid groups (broad SMARTS) is 1. The fraction of sp³-hybridized carbons (Fsp3) is 0.444. The largest absolute Gasteiger partial charge is 0.497 e. The van der Waals surface area contributed by atoms with Gasteiger partial charge in [-0.15, -0.1) is 11.3 Å². The van der Waals surface area contributed by atoms with E-state index in [0.29, 0.717) is 19.0 Å². The molecule has 2 heterocycles. The number of ether oxygens (including phenoxy) is 1. The molecule has 128 valence electrons. The maximum Gasteiger partial charge on any atom is 0.307 e. The monoisotopic (exact) mass is 346 g/mol. The van der Waals surface area contributed by atoms with E-state index in [0.717, 1.165) is 35.0 Å². The van der Waals surface area contributed by atoms with Crippen molar-refractivity contribution in [2.75, 3.05) is 20.2 Å². The minimum absolute atomic E-state index is 0.273. The third kappa shape index (κ3) is 3.94. The number of hydrogen-bond acceptors (Lipinski definition) is 5. The highest BCUT2D eigenvalue weighted by atomic mass is 32.1. The summed E-state index contributed by atoms with van der Waals surface area (Å²) in [5.41, 5.74) is 2.04. The summed E-state index contributed by atoms with van der Waals surface area (Å²) in [4.78, 5) is 18.2. The van der Waals surface area contributed by atoms with Crippen molar-refractivity contribution >= 4 is 17.3 Å². The molecule has 2 aromatic rings. The molecular formula is C18H22N2O3S. The summed E-state index contributed by atoms with van der Waals surface area (Å²) in [6.45, 7) is 4.35. The highest BCUT2D eigenvalue weighted by Gasteiger charge is 2.29. The standard InChI is InChI=1S/C18H22N2O3S/c1-12-6-14(18(21)22)9-20(8-12)10-15-11-24-17(19-15)13-4-3-5-16(7-13)23-2/h3-5,7,11-12,14H,6,8-10H2,1-2H3,(H,21,22). The first-order chi connectivity index (χ1) is 11.5. The fourth-order valence-corrected chi connectivity index (χ4v) is 4.08. The summed E-state index contributed by atoms with van der Waals surface area (Å²) in [7, 11) is 1.66. The first-order valence-corrected chi connectivity index (χ1v) is 8.97. The zero-order valence-electron chi connectivity index (χ0n) is 13.9. The van der Waals surface area contributed by atoms with Gasteiger partial charge in [0.1, 0.15) is 10.8 Å². The lowest BCUT2D eigenvalue weighted by atomic mass is 9.90. The van der Waals surface area contributed by atoms with Gasteiger partial charge < -0.3 is 9.84 Å². The molecular weight excluding hydrogens is 324 g/mol. The van der Waals surface area contributed by atoms with Crippen LogP contribution in [0.1, 0.15) is 19.0 Å². The van der Waals surface area contributed by atoms with Crippen LogP contribution >= 0.6 is 11.3 Å². The predicted molar refractivity (Wildman–Crippen MR) is 94.3 cm³/mol. The maximum absolute atomic E-state index is 11.3. The van der Waals surface area contributed by atoms with Crippen molar-refractivity contribution in [3.8, 4) is 16.3 Å². The van der Waals surface area contributed by atoms with E-state index in [1.807, 2.05) is 24.3 Å². The lowest BCUT2D eigenvalue weighted by Gasteiger charge is -2.34. The molecule has 1 fully saturated rings. The van der Waals surface area contributed by atoms with Crippen molar-refractivity contribution in [2.24, 2.45) is 11.8 Å². The van der Waals surface area contributed by atoms with Crippen molar-refractivity contribution in [3.63, 3.8) is 0 Å². The summed E-state index contributed by atoms with van der Waals surface area (Å²) in [5, 5.41) is 12.3. The number of rotatable bonds is 5. The second-order valence-corrected chi connectivity index (χ2v) is 7.30. The van der Waals surface area contributed by atoms with Crippen LogP contribution < -0.4 is 4.74 Å². The number of nitrogens with zero attached hydrogens (tertiary/aromatic N) is 2. The van der Waals surface area contributed by atoms with E-state index in [-0.39, 0.29) is 5.92 Å². The Hall–Kier alpha value is -1.92. The van der Waals surface area contributed by atoms with Crippen molar-refractivity contribution in [2.45, 2.75) is 19.9 Å². The molecule has 6 heteroatoms. The number of likely N-dealkylation sites (tertiary alicyclic amines) is 1. The molecule has 1 aromatic heterocycles. The normalized spacial score (nSPS) is 21.6. The van der Waals surface area contributed by atoms with Crippen molar-refractivity contribution < 1.29 is 14.6 Å². The van der Waals surface area contributed by atoms with Gasteiger partial charge in [-0.25, -0.2) is 4.98 Å². The molecule has 0 amide bonds. The van der Waals surface area contributed by atoms with Crippen LogP contribution in [0.15, 0.2) is 29.6 Å². The molecule has 0 radical (unpaired) electrons. The van der Waals surface area contributed by atoms with Crippen LogP contribution in [0.5, 0.6) is 5.75 Å². The highest BCUT2D eigenvalue weighted by molar-refractivity contribution is 7.13. The van der Waals surface area contributed by atoms with Crippen LogP contribution in [0.25, 0.3) is 10.6 Å². The molecule has 0 spiro atoms. The number of carboxylic acids is 1. The third-order valence-corrected chi connectivity index (χ3v) is 5.28. The van der Waals surface area contributed by atoms with Crippen LogP contribution in [-0.4, -0.2) is 41.2 Å². The molecule has 5 nitrogen and oxygen atoms in total. The molecule has 1 saturated heterocycles. The van der Waals surface area contributed by atoms with Crippen LogP contribution in [0.3, 0.4) is 0 Å². The highest BCUT2D eigenvalue weighted by Crippen LogP contribution is 2.28. The van der Waals surface area contributed by atoms with Crippen molar-refractivity contribution in [1.29, 1.82) is 0 Å². The maximum atomic E-state index is 11.3. The topological polar surface area (TPSA) is 62.7 Å². The van der Waals surface area contributed by atoms with Gasteiger partial charge in [-0.2, -0.15) is 0 Å². The molecule has 1 aliphatic rings. The summed E-state index contributed by atoms with van der Waals surface area (Å²) in [5.74, 6) is 0.252. The minimum Gasteiger partial charge on any atom is -0.497 e. The molecule has 3 rings (SSSR count). The lowest BCUT2D eigenvalue weighted by molar-refractivity contribution is -0.144. The first-order valence-electron chi connectivity index (χ1n) is 8.09.